The molecule has 0 aliphatic carbocycles. The van der Waals surface area contributed by atoms with Gasteiger partial charge in [-0.15, -0.1) is 35.3 Å². The largest absolute Gasteiger partial charge is 0.357 e. The molecule has 0 radical (unpaired) electrons. The van der Waals surface area contributed by atoms with Crippen LogP contribution >= 0.6 is 35.3 Å². The molecule has 0 aromatic carbocycles. The third-order valence-electron chi connectivity index (χ3n) is 3.96. The lowest BCUT2D eigenvalue weighted by Crippen LogP contribution is -2.45. The van der Waals surface area contributed by atoms with E-state index in [1.165, 1.54) is 9.75 Å². The van der Waals surface area contributed by atoms with Gasteiger partial charge >= 0.3 is 0 Å². The zero-order valence-electron chi connectivity index (χ0n) is 15.0. The van der Waals surface area contributed by atoms with E-state index in [2.05, 4.69) is 39.6 Å². The van der Waals surface area contributed by atoms with Crippen molar-refractivity contribution in [1.29, 1.82) is 0 Å². The second-order valence-corrected chi connectivity index (χ2v) is 9.39. The normalized spacial score (nSPS) is 17.8. The molecule has 0 saturated carbocycles. The highest BCUT2D eigenvalue weighted by atomic mass is 127. The van der Waals surface area contributed by atoms with Crippen molar-refractivity contribution in [3.8, 4) is 0 Å². The number of hydrogen-bond acceptors (Lipinski definition) is 5. The van der Waals surface area contributed by atoms with Crippen LogP contribution in [-0.4, -0.2) is 63.5 Å². The van der Waals surface area contributed by atoms with Gasteiger partial charge in [0.25, 0.3) is 0 Å². The topological polar surface area (TPSA) is 73.8 Å². The summed E-state index contributed by atoms with van der Waals surface area (Å²) in [5.74, 6) is 1.37. The zero-order chi connectivity index (χ0) is 17.4. The molecule has 0 atom stereocenters. The molecule has 144 valence electrons. The number of nitrogens with one attached hydrogen (secondary N) is 2. The average molecular weight is 500 g/mol. The van der Waals surface area contributed by atoms with E-state index in [-0.39, 0.29) is 35.5 Å². The number of nitrogens with zero attached hydrogens (tertiary/aromatic N) is 2. The van der Waals surface area contributed by atoms with E-state index < -0.39 is 9.84 Å². The summed E-state index contributed by atoms with van der Waals surface area (Å²) in [7, 11) is -2.80. The van der Waals surface area contributed by atoms with Crippen molar-refractivity contribution in [2.45, 2.75) is 26.8 Å². The Morgan fingerprint density at radius 2 is 1.88 bits per heavy atom. The molecular formula is C16H29IN4O2S2. The molecule has 25 heavy (non-hydrogen) atoms. The van der Waals surface area contributed by atoms with Crippen LogP contribution < -0.4 is 10.6 Å². The molecule has 2 rings (SSSR count). The predicted octanol–water partition coefficient (Wildman–Crippen LogP) is 1.71. The maximum atomic E-state index is 11.4. The minimum atomic E-state index is -2.80. The number of aryl methyl sites for hydroxylation is 1. The van der Waals surface area contributed by atoms with Gasteiger partial charge in [0, 0.05) is 42.5 Å². The van der Waals surface area contributed by atoms with Crippen molar-refractivity contribution in [3.05, 3.63) is 21.9 Å². The molecule has 9 heteroatoms. The van der Waals surface area contributed by atoms with Crippen molar-refractivity contribution >= 4 is 51.1 Å². The van der Waals surface area contributed by atoms with Crippen molar-refractivity contribution in [2.24, 2.45) is 4.99 Å². The molecule has 2 heterocycles. The van der Waals surface area contributed by atoms with E-state index in [1.54, 1.807) is 0 Å². The van der Waals surface area contributed by atoms with Gasteiger partial charge in [0.05, 0.1) is 18.1 Å². The first-order valence-corrected chi connectivity index (χ1v) is 11.2. The van der Waals surface area contributed by atoms with Crippen molar-refractivity contribution in [2.75, 3.05) is 44.2 Å². The first-order valence-electron chi connectivity index (χ1n) is 8.55. The molecule has 0 unspecified atom stereocenters. The third kappa shape index (κ3) is 8.23. The first kappa shape index (κ1) is 22.7. The average Bonchev–Trinajstić information content (AvgIpc) is 3.02. The Hall–Kier alpha value is -0.390. The van der Waals surface area contributed by atoms with Crippen LogP contribution in [0, 0.1) is 0 Å². The van der Waals surface area contributed by atoms with Crippen LogP contribution in [-0.2, 0) is 22.8 Å². The van der Waals surface area contributed by atoms with E-state index in [0.29, 0.717) is 19.6 Å². The van der Waals surface area contributed by atoms with Crippen molar-refractivity contribution < 1.29 is 8.42 Å². The van der Waals surface area contributed by atoms with Crippen LogP contribution in [0.4, 0.5) is 0 Å². The lowest BCUT2D eigenvalue weighted by Gasteiger charge is -2.26. The second-order valence-electron chi connectivity index (χ2n) is 5.84. The monoisotopic (exact) mass is 500 g/mol. The van der Waals surface area contributed by atoms with Gasteiger partial charge in [-0.2, -0.15) is 0 Å². The first-order chi connectivity index (χ1) is 11.5. The van der Waals surface area contributed by atoms with Gasteiger partial charge in [0.15, 0.2) is 15.8 Å². The van der Waals surface area contributed by atoms with Gasteiger partial charge < -0.3 is 10.6 Å². The molecule has 2 N–H and O–H groups in total. The Balaban J connectivity index is 0.00000312. The highest BCUT2D eigenvalue weighted by Crippen LogP contribution is 2.17. The molecule has 6 nitrogen and oxygen atoms in total. The Morgan fingerprint density at radius 3 is 2.48 bits per heavy atom. The summed E-state index contributed by atoms with van der Waals surface area (Å²) in [5.41, 5.74) is 0. The van der Waals surface area contributed by atoms with Crippen molar-refractivity contribution in [3.63, 3.8) is 0 Å². The lowest BCUT2D eigenvalue weighted by atomic mass is 10.4. The fourth-order valence-electron chi connectivity index (χ4n) is 2.50. The van der Waals surface area contributed by atoms with Crippen LogP contribution in [0.2, 0.25) is 0 Å². The number of aliphatic imine (C=N–C) groups is 1. The van der Waals surface area contributed by atoms with Gasteiger partial charge in [-0.1, -0.05) is 6.92 Å². The summed E-state index contributed by atoms with van der Waals surface area (Å²) < 4.78 is 22.9. The van der Waals surface area contributed by atoms with E-state index in [0.717, 1.165) is 32.0 Å². The molecule has 1 aromatic rings. The minimum absolute atomic E-state index is 0. The molecule has 1 aromatic heterocycles. The van der Waals surface area contributed by atoms with E-state index in [4.69, 9.17) is 0 Å². The van der Waals surface area contributed by atoms with Crippen molar-refractivity contribution in [1.82, 2.24) is 15.5 Å². The maximum absolute atomic E-state index is 11.4. The molecule has 1 aliphatic heterocycles. The molecular weight excluding hydrogens is 471 g/mol. The molecule has 0 bridgehead atoms. The van der Waals surface area contributed by atoms with Gasteiger partial charge in [0.2, 0.25) is 0 Å². The van der Waals surface area contributed by atoms with Crippen LogP contribution in [0.15, 0.2) is 17.1 Å². The summed E-state index contributed by atoms with van der Waals surface area (Å²) in [6, 6.07) is 4.31. The Bertz CT molecular complexity index is 632. The van der Waals surface area contributed by atoms with E-state index >= 15 is 0 Å². The summed E-state index contributed by atoms with van der Waals surface area (Å²) in [6.07, 6.45) is 1.07. The van der Waals surface area contributed by atoms with Gasteiger partial charge in [-0.05, 0) is 25.5 Å². The summed E-state index contributed by atoms with van der Waals surface area (Å²) in [4.78, 5) is 9.47. The molecule has 0 spiro atoms. The second kappa shape index (κ2) is 11.3. The van der Waals surface area contributed by atoms with Crippen LogP contribution in [0.5, 0.6) is 0 Å². The van der Waals surface area contributed by atoms with Crippen LogP contribution in [0.3, 0.4) is 0 Å². The number of halogens is 1. The number of rotatable bonds is 7. The van der Waals surface area contributed by atoms with Gasteiger partial charge in [-0.25, -0.2) is 13.4 Å². The molecule has 0 amide bonds. The number of sulfone groups is 1. The molecule has 1 saturated heterocycles. The number of hydrogen-bond donors (Lipinski definition) is 2. The fraction of sp³-hybridized carbons (Fsp3) is 0.688. The highest BCUT2D eigenvalue weighted by molar-refractivity contribution is 14.0. The summed E-state index contributed by atoms with van der Waals surface area (Å²) in [6.45, 7) is 8.57. The van der Waals surface area contributed by atoms with Gasteiger partial charge in [-0.3, -0.25) is 4.90 Å². The van der Waals surface area contributed by atoms with Crippen LogP contribution in [0.25, 0.3) is 0 Å². The maximum Gasteiger partial charge on any atom is 0.191 e. The highest BCUT2D eigenvalue weighted by Gasteiger charge is 2.20. The quantitative estimate of drug-likeness (QED) is 0.339. The number of guanidine groups is 1. The Kier molecular flexibility index (Phi) is 10.3. The lowest BCUT2D eigenvalue weighted by molar-refractivity contribution is 0.299. The SMILES string of the molecule is CCNC(=NCc1ccc(CC)s1)NCCN1CCS(=O)(=O)CC1.I. The standard InChI is InChI=1S/C16H28N4O2S2.HI/c1-3-14-5-6-15(23-14)13-19-16(17-4-2)18-7-8-20-9-11-24(21,22)12-10-20;/h5-6H,3-4,7-13H2,1-2H3,(H2,17,18,19);1H. The van der Waals surface area contributed by atoms with Gasteiger partial charge in [0.1, 0.15) is 0 Å². The Morgan fingerprint density at radius 1 is 1.20 bits per heavy atom. The van der Waals surface area contributed by atoms with E-state index in [1.807, 2.05) is 18.3 Å². The fourth-order valence-corrected chi connectivity index (χ4v) is 4.66. The molecule has 1 fully saturated rings. The van der Waals surface area contributed by atoms with Crippen LogP contribution in [0.1, 0.15) is 23.6 Å². The zero-order valence-corrected chi connectivity index (χ0v) is 18.9. The predicted molar refractivity (Wildman–Crippen MR) is 117 cm³/mol. The molecule has 1 aliphatic rings. The third-order valence-corrected chi connectivity index (χ3v) is 6.78. The summed E-state index contributed by atoms with van der Waals surface area (Å²) >= 11 is 1.81. The Labute approximate surface area is 172 Å². The minimum Gasteiger partial charge on any atom is -0.357 e. The summed E-state index contributed by atoms with van der Waals surface area (Å²) in [5, 5.41) is 6.59. The van der Waals surface area contributed by atoms with E-state index in [9.17, 15) is 8.42 Å². The smallest absolute Gasteiger partial charge is 0.191 e. The number of thiophene rings is 1.